The summed E-state index contributed by atoms with van der Waals surface area (Å²) in [6.45, 7) is 4.62. The van der Waals surface area contributed by atoms with Gasteiger partial charge in [0, 0.05) is 6.04 Å². The lowest BCUT2D eigenvalue weighted by molar-refractivity contribution is 0.251. The van der Waals surface area contributed by atoms with Crippen molar-refractivity contribution in [2.45, 2.75) is 193 Å². The predicted molar refractivity (Wildman–Crippen MR) is 160 cm³/mol. The van der Waals surface area contributed by atoms with Crippen LogP contribution in [0.1, 0.15) is 187 Å². The maximum absolute atomic E-state index is 2.50. The first kappa shape index (κ1) is 33.0. The zero-order chi connectivity index (χ0) is 25.4. The van der Waals surface area contributed by atoms with Crippen molar-refractivity contribution in [1.82, 2.24) is 4.90 Å². The molecule has 0 radical (unpaired) electrons. The first-order chi connectivity index (χ1) is 17.2. The van der Waals surface area contributed by atoms with Gasteiger partial charge in [-0.2, -0.15) is 0 Å². The molecule has 0 aromatic carbocycles. The number of hydrogen-bond acceptors (Lipinski definition) is 1. The second kappa shape index (κ2) is 24.3. The minimum absolute atomic E-state index is 0.822. The number of nitrogens with zero attached hydrogens (tertiary/aromatic N) is 1. The Morgan fingerprint density at radius 1 is 0.457 bits per heavy atom. The van der Waals surface area contributed by atoms with Crippen molar-refractivity contribution in [2.75, 3.05) is 14.1 Å². The highest BCUT2D eigenvalue weighted by Crippen LogP contribution is 2.45. The molecule has 1 rings (SSSR count). The van der Waals surface area contributed by atoms with Gasteiger partial charge in [0.15, 0.2) is 0 Å². The van der Waals surface area contributed by atoms with Crippen LogP contribution < -0.4 is 0 Å². The molecule has 1 aliphatic rings. The van der Waals surface area contributed by atoms with Gasteiger partial charge in [-0.1, -0.05) is 168 Å². The minimum Gasteiger partial charge on any atom is -0.306 e. The third-order valence-corrected chi connectivity index (χ3v) is 8.98. The first-order valence-corrected chi connectivity index (χ1v) is 16.8. The summed E-state index contributed by atoms with van der Waals surface area (Å²) in [7, 11) is 4.59. The Morgan fingerprint density at radius 3 is 1.11 bits per heavy atom. The Labute approximate surface area is 224 Å². The number of hydrogen-bond donors (Lipinski definition) is 0. The van der Waals surface area contributed by atoms with Gasteiger partial charge in [-0.3, -0.25) is 0 Å². The van der Waals surface area contributed by atoms with E-state index >= 15 is 0 Å². The van der Waals surface area contributed by atoms with E-state index in [1.54, 1.807) is 19.3 Å². The molecular weight excluding hydrogens is 422 g/mol. The molecule has 1 fully saturated rings. The van der Waals surface area contributed by atoms with Crippen LogP contribution in [-0.2, 0) is 0 Å². The summed E-state index contributed by atoms with van der Waals surface area (Å²) in [5.41, 5.74) is 0. The molecule has 0 bridgehead atoms. The molecule has 0 aromatic heterocycles. The van der Waals surface area contributed by atoms with Crippen LogP contribution in [-0.4, -0.2) is 25.0 Å². The molecule has 35 heavy (non-hydrogen) atoms. The van der Waals surface area contributed by atoms with Crippen molar-refractivity contribution >= 4 is 0 Å². The molecule has 1 aliphatic carbocycles. The molecule has 1 heteroatoms. The van der Waals surface area contributed by atoms with Gasteiger partial charge in [-0.15, -0.1) is 0 Å². The summed E-state index contributed by atoms with van der Waals surface area (Å²) < 4.78 is 0. The lowest BCUT2D eigenvalue weighted by Gasteiger charge is -2.24. The Balaban J connectivity index is 1.81. The SMILES string of the molecule is CCCCCCCCCC(CCCCCCCCCCC[C@H]1CC1CCCCCCCC)N(C)C. The summed E-state index contributed by atoms with van der Waals surface area (Å²) in [6, 6.07) is 0.822. The van der Waals surface area contributed by atoms with E-state index in [1.807, 2.05) is 0 Å². The van der Waals surface area contributed by atoms with Crippen LogP contribution in [0, 0.1) is 11.8 Å². The van der Waals surface area contributed by atoms with Crippen molar-refractivity contribution in [2.24, 2.45) is 11.8 Å². The summed E-state index contributed by atoms with van der Waals surface area (Å²) in [5.74, 6) is 2.26. The largest absolute Gasteiger partial charge is 0.306 e. The molecule has 1 saturated carbocycles. The quantitative estimate of drug-likeness (QED) is 0.0983. The zero-order valence-corrected chi connectivity index (χ0v) is 25.3. The molecule has 0 amide bonds. The lowest BCUT2D eigenvalue weighted by atomic mass is 9.99. The smallest absolute Gasteiger partial charge is 0.00891 e. The molecule has 3 atom stereocenters. The summed E-state index contributed by atoms with van der Waals surface area (Å²) in [6.07, 6.45) is 39.7. The molecule has 210 valence electrons. The Bertz CT molecular complexity index is 417. The molecule has 0 heterocycles. The van der Waals surface area contributed by atoms with Gasteiger partial charge >= 0.3 is 0 Å². The number of unbranched alkanes of at least 4 members (excludes halogenated alkanes) is 19. The van der Waals surface area contributed by atoms with Gasteiger partial charge in [-0.05, 0) is 45.2 Å². The van der Waals surface area contributed by atoms with E-state index < -0.39 is 0 Å². The van der Waals surface area contributed by atoms with Crippen LogP contribution in [0.5, 0.6) is 0 Å². The predicted octanol–water partition coefficient (Wildman–Crippen LogP) is 11.7. The van der Waals surface area contributed by atoms with Gasteiger partial charge in [0.25, 0.3) is 0 Å². The molecule has 0 aliphatic heterocycles. The monoisotopic (exact) mass is 492 g/mol. The highest BCUT2D eigenvalue weighted by Gasteiger charge is 2.34. The summed E-state index contributed by atoms with van der Waals surface area (Å²) in [4.78, 5) is 2.50. The van der Waals surface area contributed by atoms with E-state index in [9.17, 15) is 0 Å². The van der Waals surface area contributed by atoms with Gasteiger partial charge < -0.3 is 4.90 Å². The van der Waals surface area contributed by atoms with Crippen molar-refractivity contribution < 1.29 is 0 Å². The van der Waals surface area contributed by atoms with E-state index in [4.69, 9.17) is 0 Å². The van der Waals surface area contributed by atoms with Crippen molar-refractivity contribution in [3.05, 3.63) is 0 Å². The third-order valence-electron chi connectivity index (χ3n) is 8.98. The van der Waals surface area contributed by atoms with Crippen LogP contribution in [0.15, 0.2) is 0 Å². The molecule has 1 nitrogen and oxygen atoms in total. The standard InChI is InChI=1S/C34H69N/c1-5-7-9-11-16-21-25-29-34(35(3)4)30-26-22-18-15-13-14-17-20-24-28-33-31-32(33)27-23-19-12-10-8-6-2/h32-34H,5-31H2,1-4H3/t32?,33-,34?/m0/s1. The molecular formula is C34H69N. The first-order valence-electron chi connectivity index (χ1n) is 16.8. The molecule has 0 aromatic rings. The van der Waals surface area contributed by atoms with Crippen LogP contribution >= 0.6 is 0 Å². The summed E-state index contributed by atoms with van der Waals surface area (Å²) in [5, 5.41) is 0. The molecule has 0 saturated heterocycles. The fourth-order valence-corrected chi connectivity index (χ4v) is 6.23. The van der Waals surface area contributed by atoms with E-state index in [0.29, 0.717) is 0 Å². The van der Waals surface area contributed by atoms with E-state index in [1.165, 1.54) is 154 Å². The topological polar surface area (TPSA) is 3.24 Å². The fourth-order valence-electron chi connectivity index (χ4n) is 6.23. The van der Waals surface area contributed by atoms with E-state index in [0.717, 1.165) is 17.9 Å². The maximum Gasteiger partial charge on any atom is 0.00891 e. The highest BCUT2D eigenvalue weighted by atomic mass is 15.1. The van der Waals surface area contributed by atoms with Crippen LogP contribution in [0.3, 0.4) is 0 Å². The van der Waals surface area contributed by atoms with E-state index in [2.05, 4.69) is 32.8 Å². The Kier molecular flexibility index (Phi) is 22.9. The van der Waals surface area contributed by atoms with Gasteiger partial charge in [0.05, 0.1) is 0 Å². The minimum atomic E-state index is 0.822. The second-order valence-electron chi connectivity index (χ2n) is 12.6. The lowest BCUT2D eigenvalue weighted by Crippen LogP contribution is -2.27. The Morgan fingerprint density at radius 2 is 0.771 bits per heavy atom. The van der Waals surface area contributed by atoms with Crippen LogP contribution in [0.2, 0.25) is 0 Å². The average Bonchev–Trinajstić information content (AvgIpc) is 3.60. The summed E-state index contributed by atoms with van der Waals surface area (Å²) >= 11 is 0. The van der Waals surface area contributed by atoms with Gasteiger partial charge in [0.1, 0.15) is 0 Å². The third kappa shape index (κ3) is 20.7. The molecule has 0 N–H and O–H groups in total. The number of rotatable bonds is 28. The van der Waals surface area contributed by atoms with Crippen molar-refractivity contribution in [3.8, 4) is 0 Å². The second-order valence-corrected chi connectivity index (χ2v) is 12.6. The van der Waals surface area contributed by atoms with E-state index in [-0.39, 0.29) is 0 Å². The van der Waals surface area contributed by atoms with Crippen molar-refractivity contribution in [1.29, 1.82) is 0 Å². The Hall–Kier alpha value is -0.0400. The van der Waals surface area contributed by atoms with Crippen LogP contribution in [0.4, 0.5) is 0 Å². The normalized spacial score (nSPS) is 18.4. The van der Waals surface area contributed by atoms with Gasteiger partial charge in [0.2, 0.25) is 0 Å². The zero-order valence-electron chi connectivity index (χ0n) is 25.3. The van der Waals surface area contributed by atoms with Gasteiger partial charge in [-0.25, -0.2) is 0 Å². The molecule has 0 spiro atoms. The highest BCUT2D eigenvalue weighted by molar-refractivity contribution is 4.85. The maximum atomic E-state index is 2.50. The fraction of sp³-hybridized carbons (Fsp3) is 1.00. The molecule has 2 unspecified atom stereocenters. The van der Waals surface area contributed by atoms with Crippen molar-refractivity contribution in [3.63, 3.8) is 0 Å². The van der Waals surface area contributed by atoms with Crippen LogP contribution in [0.25, 0.3) is 0 Å². The average molecular weight is 492 g/mol.